The summed E-state index contributed by atoms with van der Waals surface area (Å²) in [5.74, 6) is -0.636. The van der Waals surface area contributed by atoms with Crippen molar-refractivity contribution >= 4 is 33.3 Å². The average Bonchev–Trinajstić information content (AvgIpc) is 3.28. The van der Waals surface area contributed by atoms with Gasteiger partial charge in [0.25, 0.3) is 5.91 Å². The van der Waals surface area contributed by atoms with Crippen LogP contribution >= 0.6 is 0 Å². The largest absolute Gasteiger partial charge is 0.365 e. The van der Waals surface area contributed by atoms with Crippen LogP contribution in [0.3, 0.4) is 0 Å². The molecule has 1 saturated heterocycles. The van der Waals surface area contributed by atoms with E-state index in [4.69, 9.17) is 5.73 Å². The third kappa shape index (κ3) is 5.16. The summed E-state index contributed by atoms with van der Waals surface area (Å²) in [6, 6.07) is 8.39. The summed E-state index contributed by atoms with van der Waals surface area (Å²) in [6.07, 6.45) is 5.13. The van der Waals surface area contributed by atoms with Crippen LogP contribution in [-0.4, -0.2) is 65.4 Å². The van der Waals surface area contributed by atoms with Crippen LogP contribution in [0.1, 0.15) is 49.0 Å². The number of carbonyl (C=O) groups is 2. The molecule has 35 heavy (non-hydrogen) atoms. The highest BCUT2D eigenvalue weighted by Crippen LogP contribution is 2.34. The molecule has 0 spiro atoms. The Labute approximate surface area is 204 Å². The fourth-order valence-electron chi connectivity index (χ4n) is 4.65. The minimum absolute atomic E-state index is 0.0677. The van der Waals surface area contributed by atoms with Crippen molar-refractivity contribution in [2.75, 3.05) is 31.5 Å². The summed E-state index contributed by atoms with van der Waals surface area (Å²) in [4.78, 5) is 25.3. The van der Waals surface area contributed by atoms with E-state index in [2.05, 4.69) is 16.5 Å². The van der Waals surface area contributed by atoms with Gasteiger partial charge in [-0.3, -0.25) is 14.3 Å². The molecule has 2 aliphatic rings. The first-order valence-electron chi connectivity index (χ1n) is 11.6. The molecule has 3 N–H and O–H groups in total. The second-order valence-corrected chi connectivity index (χ2v) is 10.8. The summed E-state index contributed by atoms with van der Waals surface area (Å²) in [5, 5.41) is 17.1. The molecule has 0 unspecified atom stereocenters. The third-order valence-electron chi connectivity index (χ3n) is 6.67. The second kappa shape index (κ2) is 10.1. The maximum absolute atomic E-state index is 13.0. The van der Waals surface area contributed by atoms with Crippen molar-refractivity contribution in [1.82, 2.24) is 19.0 Å². The van der Waals surface area contributed by atoms with E-state index < -0.39 is 15.9 Å². The van der Waals surface area contributed by atoms with Crippen molar-refractivity contribution in [3.05, 3.63) is 36.0 Å². The molecule has 186 valence electrons. The normalized spacial score (nSPS) is 21.3. The van der Waals surface area contributed by atoms with E-state index >= 15 is 0 Å². The lowest BCUT2D eigenvalue weighted by Crippen LogP contribution is -2.49. The minimum Gasteiger partial charge on any atom is -0.365 e. The molecule has 0 radical (unpaired) electrons. The molecule has 1 aromatic carbocycles. The topological polar surface area (TPSA) is 154 Å². The Balaban J connectivity index is 1.51. The van der Waals surface area contributed by atoms with E-state index in [1.165, 1.54) is 23.4 Å². The second-order valence-electron chi connectivity index (χ2n) is 8.88. The molecule has 2 fully saturated rings. The van der Waals surface area contributed by atoms with Gasteiger partial charge in [0.05, 0.1) is 22.9 Å². The number of carbonyl (C=O) groups excluding carboxylic acids is 2. The number of nitriles is 1. The number of sulfonamides is 1. The fourth-order valence-corrected chi connectivity index (χ4v) is 6.07. The molecule has 2 aromatic rings. The number of amides is 2. The van der Waals surface area contributed by atoms with Crippen LogP contribution in [0.2, 0.25) is 0 Å². The van der Waals surface area contributed by atoms with Crippen LogP contribution in [0.25, 0.3) is 0 Å². The van der Waals surface area contributed by atoms with Crippen molar-refractivity contribution in [3.63, 3.8) is 0 Å². The van der Waals surface area contributed by atoms with E-state index in [0.29, 0.717) is 18.8 Å². The van der Waals surface area contributed by atoms with Crippen molar-refractivity contribution in [3.8, 4) is 6.07 Å². The number of hydrogen-bond acceptors (Lipinski definition) is 7. The van der Waals surface area contributed by atoms with Gasteiger partial charge in [-0.1, -0.05) is 12.8 Å². The molecule has 1 aromatic heterocycles. The number of nitrogens with two attached hydrogens (primary N) is 1. The molecule has 2 atom stereocenters. The van der Waals surface area contributed by atoms with Crippen molar-refractivity contribution < 1.29 is 18.0 Å². The predicted molar refractivity (Wildman–Crippen MR) is 128 cm³/mol. The van der Waals surface area contributed by atoms with E-state index in [9.17, 15) is 23.3 Å². The maximum atomic E-state index is 13.0. The Morgan fingerprint density at radius 3 is 2.37 bits per heavy atom. The van der Waals surface area contributed by atoms with Gasteiger partial charge >= 0.3 is 0 Å². The molecule has 11 nitrogen and oxygen atoms in total. The predicted octanol–water partition coefficient (Wildman–Crippen LogP) is 1.83. The molecule has 2 amide bonds. The van der Waals surface area contributed by atoms with Crippen molar-refractivity contribution in [2.24, 2.45) is 11.7 Å². The lowest BCUT2D eigenvalue weighted by atomic mass is 9.85. The first-order valence-corrected chi connectivity index (χ1v) is 13.1. The number of primary amides is 1. The summed E-state index contributed by atoms with van der Waals surface area (Å²) < 4.78 is 29.0. The van der Waals surface area contributed by atoms with Crippen LogP contribution < -0.4 is 11.1 Å². The fraction of sp³-hybridized carbons (Fsp3) is 0.478. The Hall–Kier alpha value is -3.43. The van der Waals surface area contributed by atoms with Gasteiger partial charge in [-0.05, 0) is 37.1 Å². The van der Waals surface area contributed by atoms with Gasteiger partial charge in [0.1, 0.15) is 5.56 Å². The Morgan fingerprint density at radius 1 is 1.11 bits per heavy atom. The molecule has 1 aliphatic carbocycles. The Kier molecular flexibility index (Phi) is 7.09. The van der Waals surface area contributed by atoms with Crippen LogP contribution in [0, 0.1) is 17.2 Å². The van der Waals surface area contributed by atoms with E-state index in [0.717, 1.165) is 25.7 Å². The quantitative estimate of drug-likeness (QED) is 0.614. The zero-order valence-corrected chi connectivity index (χ0v) is 20.4. The zero-order chi connectivity index (χ0) is 25.2. The maximum Gasteiger partial charge on any atom is 0.254 e. The molecular formula is C23H29N7O4S. The van der Waals surface area contributed by atoms with Gasteiger partial charge < -0.3 is 16.0 Å². The molecule has 1 aliphatic heterocycles. The molecule has 4 rings (SSSR count). The number of aromatic nitrogens is 2. The standard InChI is InChI=1S/C23H29N7O4S/c1-16(31)28-10-12-29(13-11-28)35(33,34)19-8-6-18(7-9-19)26-23-20(22(25)32)15-30(27-23)21-5-3-2-4-17(21)14-24/h6-9,15,17,21H,2-5,10-13H2,1H3,(H2,25,32)(H,26,27)/t17-,21+/m1/s1. The first-order chi connectivity index (χ1) is 16.7. The summed E-state index contributed by atoms with van der Waals surface area (Å²) >= 11 is 0. The third-order valence-corrected chi connectivity index (χ3v) is 8.58. The van der Waals surface area contributed by atoms with Crippen LogP contribution in [-0.2, 0) is 14.8 Å². The lowest BCUT2D eigenvalue weighted by molar-refractivity contribution is -0.129. The number of rotatable bonds is 6. The monoisotopic (exact) mass is 499 g/mol. The molecule has 1 saturated carbocycles. The van der Waals surface area contributed by atoms with Crippen LogP contribution in [0.4, 0.5) is 11.5 Å². The number of anilines is 2. The number of piperazine rings is 1. The average molecular weight is 500 g/mol. The highest BCUT2D eigenvalue weighted by molar-refractivity contribution is 7.89. The van der Waals surface area contributed by atoms with Gasteiger partial charge in [-0.25, -0.2) is 8.42 Å². The number of nitrogens with zero attached hydrogens (tertiary/aromatic N) is 5. The van der Waals surface area contributed by atoms with Crippen molar-refractivity contribution in [2.45, 2.75) is 43.5 Å². The highest BCUT2D eigenvalue weighted by Gasteiger charge is 2.30. The molecule has 0 bridgehead atoms. The smallest absolute Gasteiger partial charge is 0.254 e. The Bertz CT molecular complexity index is 1240. The van der Waals surface area contributed by atoms with E-state index in [1.54, 1.807) is 27.9 Å². The van der Waals surface area contributed by atoms with Gasteiger partial charge in [0, 0.05) is 45.0 Å². The SMILES string of the molecule is CC(=O)N1CCN(S(=O)(=O)c2ccc(Nc3nn([C@H]4CCCC[C@@H]4C#N)cc3C(N)=O)cc2)CC1. The highest BCUT2D eigenvalue weighted by atomic mass is 32.2. The lowest BCUT2D eigenvalue weighted by Gasteiger charge is -2.33. The van der Waals surface area contributed by atoms with Crippen LogP contribution in [0.5, 0.6) is 0 Å². The van der Waals surface area contributed by atoms with Gasteiger partial charge in [0.15, 0.2) is 5.82 Å². The first kappa shape index (κ1) is 24.7. The number of hydrogen-bond donors (Lipinski definition) is 2. The molecule has 2 heterocycles. The van der Waals surface area contributed by atoms with E-state index in [1.807, 2.05) is 0 Å². The van der Waals surface area contributed by atoms with Crippen molar-refractivity contribution in [1.29, 1.82) is 5.26 Å². The van der Waals surface area contributed by atoms with Gasteiger partial charge in [0.2, 0.25) is 15.9 Å². The van der Waals surface area contributed by atoms with Gasteiger partial charge in [-0.2, -0.15) is 14.7 Å². The summed E-state index contributed by atoms with van der Waals surface area (Å²) in [6.45, 7) is 2.68. The number of nitrogens with one attached hydrogen (secondary N) is 1. The summed E-state index contributed by atoms with van der Waals surface area (Å²) in [5.41, 5.74) is 6.31. The zero-order valence-electron chi connectivity index (χ0n) is 19.6. The van der Waals surface area contributed by atoms with Crippen LogP contribution in [0.15, 0.2) is 35.4 Å². The van der Waals surface area contributed by atoms with E-state index in [-0.39, 0.29) is 47.2 Å². The Morgan fingerprint density at radius 2 is 1.77 bits per heavy atom. The molecular weight excluding hydrogens is 470 g/mol. The number of benzene rings is 1. The molecule has 12 heteroatoms. The van der Waals surface area contributed by atoms with Gasteiger partial charge in [-0.15, -0.1) is 0 Å². The summed E-state index contributed by atoms with van der Waals surface area (Å²) in [7, 11) is -3.70. The minimum atomic E-state index is -3.70.